The number of pyridine rings is 1. The average molecular weight is 407 g/mol. The minimum Gasteiger partial charge on any atom is -0.294 e. The van der Waals surface area contributed by atoms with Gasteiger partial charge in [-0.15, -0.1) is 0 Å². The predicted octanol–water partition coefficient (Wildman–Crippen LogP) is 4.89. The third-order valence-corrected chi connectivity index (χ3v) is 4.95. The lowest BCUT2D eigenvalue weighted by molar-refractivity contribution is 0.0891. The second kappa shape index (κ2) is 9.22. The van der Waals surface area contributed by atoms with Crippen molar-refractivity contribution < 1.29 is 9.59 Å². The van der Waals surface area contributed by atoms with E-state index >= 15 is 0 Å². The number of ketones is 2. The first-order valence-corrected chi connectivity index (χ1v) is 10.0. The van der Waals surface area contributed by atoms with Gasteiger partial charge in [0.15, 0.2) is 11.6 Å². The van der Waals surface area contributed by atoms with E-state index < -0.39 is 0 Å². The zero-order valence-electron chi connectivity index (χ0n) is 17.2. The fourth-order valence-corrected chi connectivity index (χ4v) is 3.41. The normalized spacial score (nSPS) is 10.6. The molecule has 0 aliphatic heterocycles. The van der Waals surface area contributed by atoms with Crippen LogP contribution in [0, 0.1) is 6.92 Å². The van der Waals surface area contributed by atoms with Crippen molar-refractivity contribution in [2.75, 3.05) is 0 Å². The minimum atomic E-state index is -0.289. The molecule has 0 bridgehead atoms. The molecule has 0 aliphatic rings. The van der Waals surface area contributed by atoms with Crippen LogP contribution in [0.1, 0.15) is 44.0 Å². The number of rotatable bonds is 7. The van der Waals surface area contributed by atoms with E-state index in [1.807, 2.05) is 55.5 Å². The summed E-state index contributed by atoms with van der Waals surface area (Å²) in [5.74, 6) is -0.531. The SMILES string of the molecule is Cc1ccnc(C(=O)CC(=O)c2cc(Cc3ccccc3)cc(-c3cnccn3)c2)c1. The van der Waals surface area contributed by atoms with E-state index in [1.165, 1.54) is 0 Å². The summed E-state index contributed by atoms with van der Waals surface area (Å²) in [4.78, 5) is 38.2. The zero-order chi connectivity index (χ0) is 21.6. The molecule has 0 amide bonds. The monoisotopic (exact) mass is 407 g/mol. The fraction of sp³-hybridized carbons (Fsp3) is 0.115. The summed E-state index contributed by atoms with van der Waals surface area (Å²) in [5, 5.41) is 0. The van der Waals surface area contributed by atoms with Crippen molar-refractivity contribution in [3.8, 4) is 11.3 Å². The first-order chi connectivity index (χ1) is 15.1. The number of aryl methyl sites for hydroxylation is 1. The number of carbonyl (C=O) groups excluding carboxylic acids is 2. The summed E-state index contributed by atoms with van der Waals surface area (Å²) in [7, 11) is 0. The van der Waals surface area contributed by atoms with Gasteiger partial charge in [-0.2, -0.15) is 0 Å². The number of hydrogen-bond acceptors (Lipinski definition) is 5. The van der Waals surface area contributed by atoms with Crippen LogP contribution in [0.3, 0.4) is 0 Å². The van der Waals surface area contributed by atoms with E-state index in [0.717, 1.165) is 22.3 Å². The molecule has 4 rings (SSSR count). The van der Waals surface area contributed by atoms with Crippen molar-refractivity contribution >= 4 is 11.6 Å². The van der Waals surface area contributed by atoms with Crippen molar-refractivity contribution in [3.63, 3.8) is 0 Å². The summed E-state index contributed by atoms with van der Waals surface area (Å²) in [6.07, 6.45) is 6.91. The first kappa shape index (κ1) is 20.3. The quantitative estimate of drug-likeness (QED) is 0.322. The van der Waals surface area contributed by atoms with Crippen LogP contribution in [-0.4, -0.2) is 26.5 Å². The Labute approximate surface area is 180 Å². The molecule has 0 saturated heterocycles. The van der Waals surface area contributed by atoms with E-state index in [-0.39, 0.29) is 18.0 Å². The van der Waals surface area contributed by atoms with Crippen LogP contribution in [0.2, 0.25) is 0 Å². The van der Waals surface area contributed by atoms with E-state index in [0.29, 0.717) is 23.4 Å². The van der Waals surface area contributed by atoms with Gasteiger partial charge in [0, 0.05) is 29.7 Å². The van der Waals surface area contributed by atoms with E-state index in [9.17, 15) is 9.59 Å². The highest BCUT2D eigenvalue weighted by atomic mass is 16.1. The molecule has 2 heterocycles. The van der Waals surface area contributed by atoms with Crippen molar-refractivity contribution in [2.45, 2.75) is 19.8 Å². The van der Waals surface area contributed by atoms with Crippen LogP contribution in [0.4, 0.5) is 0 Å². The van der Waals surface area contributed by atoms with Gasteiger partial charge in [0.2, 0.25) is 0 Å². The number of benzene rings is 2. The van der Waals surface area contributed by atoms with Crippen LogP contribution in [0.15, 0.2) is 85.5 Å². The van der Waals surface area contributed by atoms with Crippen LogP contribution in [0.5, 0.6) is 0 Å². The lowest BCUT2D eigenvalue weighted by Crippen LogP contribution is -2.11. The Morgan fingerprint density at radius 1 is 0.806 bits per heavy atom. The Morgan fingerprint density at radius 3 is 2.39 bits per heavy atom. The highest BCUT2D eigenvalue weighted by Crippen LogP contribution is 2.23. The maximum absolute atomic E-state index is 13.0. The molecule has 0 saturated carbocycles. The molecule has 0 spiro atoms. The fourth-order valence-electron chi connectivity index (χ4n) is 3.41. The van der Waals surface area contributed by atoms with Gasteiger partial charge in [-0.25, -0.2) is 0 Å². The van der Waals surface area contributed by atoms with Crippen molar-refractivity contribution in [1.29, 1.82) is 0 Å². The number of aromatic nitrogens is 3. The number of carbonyl (C=O) groups is 2. The maximum atomic E-state index is 13.0. The maximum Gasteiger partial charge on any atom is 0.188 e. The Morgan fingerprint density at radius 2 is 1.65 bits per heavy atom. The third-order valence-electron chi connectivity index (χ3n) is 4.95. The smallest absolute Gasteiger partial charge is 0.188 e. The second-order valence-corrected chi connectivity index (χ2v) is 7.41. The van der Waals surface area contributed by atoms with Gasteiger partial charge < -0.3 is 0 Å². The molecule has 31 heavy (non-hydrogen) atoms. The van der Waals surface area contributed by atoms with E-state index in [4.69, 9.17) is 0 Å². The van der Waals surface area contributed by atoms with E-state index in [2.05, 4.69) is 15.0 Å². The highest BCUT2D eigenvalue weighted by Gasteiger charge is 2.17. The van der Waals surface area contributed by atoms with Crippen LogP contribution >= 0.6 is 0 Å². The van der Waals surface area contributed by atoms with Gasteiger partial charge in [0.05, 0.1) is 18.3 Å². The van der Waals surface area contributed by atoms with Gasteiger partial charge in [0.1, 0.15) is 5.69 Å². The predicted molar refractivity (Wildman–Crippen MR) is 119 cm³/mol. The molecule has 0 fully saturated rings. The highest BCUT2D eigenvalue weighted by molar-refractivity contribution is 6.13. The van der Waals surface area contributed by atoms with Crippen LogP contribution < -0.4 is 0 Å². The molecule has 5 nitrogen and oxygen atoms in total. The lowest BCUT2D eigenvalue weighted by Gasteiger charge is -2.10. The topological polar surface area (TPSA) is 72.8 Å². The van der Waals surface area contributed by atoms with Gasteiger partial charge in [-0.1, -0.05) is 30.3 Å². The second-order valence-electron chi connectivity index (χ2n) is 7.41. The molecule has 2 aromatic heterocycles. The average Bonchev–Trinajstić information content (AvgIpc) is 2.80. The number of hydrogen-bond donors (Lipinski definition) is 0. The Kier molecular flexibility index (Phi) is 6.03. The molecule has 152 valence electrons. The third kappa shape index (κ3) is 5.14. The van der Waals surface area contributed by atoms with Gasteiger partial charge >= 0.3 is 0 Å². The summed E-state index contributed by atoms with van der Waals surface area (Å²) < 4.78 is 0. The molecule has 5 heteroatoms. The molecule has 0 aliphatic carbocycles. The summed E-state index contributed by atoms with van der Waals surface area (Å²) in [6.45, 7) is 1.89. The molecule has 0 radical (unpaired) electrons. The van der Waals surface area contributed by atoms with Gasteiger partial charge in [-0.3, -0.25) is 24.5 Å². The molecular weight excluding hydrogens is 386 g/mol. The summed E-state index contributed by atoms with van der Waals surface area (Å²) in [6, 6.07) is 19.2. The van der Waals surface area contributed by atoms with Crippen molar-refractivity contribution in [1.82, 2.24) is 15.0 Å². The number of Topliss-reactive ketones (excluding diaryl/α,β-unsaturated/α-hetero) is 2. The largest absolute Gasteiger partial charge is 0.294 e. The molecule has 2 aromatic carbocycles. The lowest BCUT2D eigenvalue weighted by atomic mass is 9.95. The summed E-state index contributed by atoms with van der Waals surface area (Å²) in [5.41, 5.74) is 5.30. The molecule has 4 aromatic rings. The zero-order valence-corrected chi connectivity index (χ0v) is 17.2. The van der Waals surface area contributed by atoms with E-state index in [1.54, 1.807) is 36.9 Å². The van der Waals surface area contributed by atoms with Gasteiger partial charge in [0.25, 0.3) is 0 Å². The Bertz CT molecular complexity index is 1220. The minimum absolute atomic E-state index is 0.231. The first-order valence-electron chi connectivity index (χ1n) is 10.0. The molecule has 0 atom stereocenters. The standard InChI is InChI=1S/C26H21N3O2/c1-18-7-8-28-23(11-18)26(31)16-25(30)22-14-20(12-19-5-3-2-4-6-19)13-21(15-22)24-17-27-9-10-29-24/h2-11,13-15,17H,12,16H2,1H3. The van der Waals surface area contributed by atoms with Crippen LogP contribution in [-0.2, 0) is 6.42 Å². The van der Waals surface area contributed by atoms with Crippen molar-refractivity contribution in [2.24, 2.45) is 0 Å². The van der Waals surface area contributed by atoms with Gasteiger partial charge in [-0.05, 0) is 60.4 Å². The number of nitrogens with zero attached hydrogens (tertiary/aromatic N) is 3. The molecule has 0 N–H and O–H groups in total. The van der Waals surface area contributed by atoms with Crippen molar-refractivity contribution in [3.05, 3.63) is 113 Å². The molecular formula is C26H21N3O2. The Hall–Kier alpha value is -3.99. The Balaban J connectivity index is 1.66. The van der Waals surface area contributed by atoms with Crippen LogP contribution in [0.25, 0.3) is 11.3 Å². The molecule has 0 unspecified atom stereocenters. The summed E-state index contributed by atoms with van der Waals surface area (Å²) >= 11 is 0.